The van der Waals surface area contributed by atoms with Crippen LogP contribution in [0.4, 0.5) is 13.2 Å². The van der Waals surface area contributed by atoms with E-state index in [1.165, 1.54) is 81.7 Å². The van der Waals surface area contributed by atoms with E-state index < -0.39 is 24.2 Å². The predicted molar refractivity (Wildman–Crippen MR) is 166 cm³/mol. The van der Waals surface area contributed by atoms with Gasteiger partial charge >= 0.3 is 18.1 Å². The average molecular weight is 613 g/mol. The monoisotopic (exact) mass is 612 g/mol. The van der Waals surface area contributed by atoms with Crippen LogP contribution in [-0.2, 0) is 11.2 Å². The number of alkyl halides is 3. The van der Waals surface area contributed by atoms with Crippen LogP contribution in [0, 0.1) is 0 Å². The van der Waals surface area contributed by atoms with Crippen LogP contribution in [0.2, 0.25) is 0 Å². The number of hydrogen-bond donors (Lipinski definition) is 1. The third kappa shape index (κ3) is 10.8. The number of aryl methyl sites for hydroxylation is 1. The molecule has 9 heteroatoms. The van der Waals surface area contributed by atoms with Gasteiger partial charge in [-0.15, -0.1) is 0 Å². The summed E-state index contributed by atoms with van der Waals surface area (Å²) in [5.41, 5.74) is 2.48. The highest BCUT2D eigenvalue weighted by Gasteiger charge is 2.42. The lowest BCUT2D eigenvalue weighted by atomic mass is 9.96. The Bertz CT molecular complexity index is 1330. The SMILES string of the molecule is CCCCCCCCCCCc1cnc(-c2ccc(C(=O)O)c(-c3ccc(C(=O)O[C@@H](CCCC)C(F)(F)F)cc3)c2)nc1. The van der Waals surface area contributed by atoms with Gasteiger partial charge in [0.05, 0.1) is 11.1 Å². The van der Waals surface area contributed by atoms with Gasteiger partial charge in [-0.05, 0) is 66.6 Å². The molecule has 0 fully saturated rings. The van der Waals surface area contributed by atoms with Crippen LogP contribution >= 0.6 is 0 Å². The lowest BCUT2D eigenvalue weighted by Crippen LogP contribution is -2.33. The molecular formula is C35H43F3N2O4. The van der Waals surface area contributed by atoms with Crippen molar-refractivity contribution in [3.05, 3.63) is 71.5 Å². The number of aromatic carboxylic acids is 1. The Morgan fingerprint density at radius 1 is 0.795 bits per heavy atom. The van der Waals surface area contributed by atoms with Gasteiger partial charge in [0.2, 0.25) is 0 Å². The smallest absolute Gasteiger partial charge is 0.425 e. The fourth-order valence-electron chi connectivity index (χ4n) is 5.04. The van der Waals surface area contributed by atoms with Crippen molar-refractivity contribution in [2.24, 2.45) is 0 Å². The van der Waals surface area contributed by atoms with Gasteiger partial charge in [0.25, 0.3) is 0 Å². The zero-order valence-electron chi connectivity index (χ0n) is 25.7. The van der Waals surface area contributed by atoms with Gasteiger partial charge in [0.1, 0.15) is 0 Å². The van der Waals surface area contributed by atoms with Gasteiger partial charge in [0, 0.05) is 18.0 Å². The third-order valence-electron chi connectivity index (χ3n) is 7.65. The molecule has 2 aromatic carbocycles. The van der Waals surface area contributed by atoms with E-state index in [1.807, 2.05) is 0 Å². The number of hydrogen-bond acceptors (Lipinski definition) is 5. The Hall–Kier alpha value is -3.75. The Morgan fingerprint density at radius 2 is 1.36 bits per heavy atom. The number of carbonyl (C=O) groups excluding carboxylic acids is 1. The summed E-state index contributed by atoms with van der Waals surface area (Å²) >= 11 is 0. The summed E-state index contributed by atoms with van der Waals surface area (Å²) in [6.07, 6.45) is 9.48. The van der Waals surface area contributed by atoms with E-state index in [4.69, 9.17) is 4.74 Å². The minimum Gasteiger partial charge on any atom is -0.478 e. The van der Waals surface area contributed by atoms with Crippen LogP contribution in [-0.4, -0.2) is 39.3 Å². The second-order valence-electron chi connectivity index (χ2n) is 11.2. The Labute approximate surface area is 258 Å². The van der Waals surface area contributed by atoms with E-state index in [2.05, 4.69) is 16.9 Å². The quantitative estimate of drug-likeness (QED) is 0.114. The standard InChI is InChI=1S/C35H43F3N2O4/c1-3-5-7-8-9-10-11-12-13-14-25-23-39-32(40-24-25)28-20-21-29(33(41)42)30(22-28)26-16-18-27(19-17-26)34(43)44-31(15-6-4-2)35(36,37)38/h16-24,31H,3-15H2,1-2H3,(H,41,42)/t31-/m0/s1. The highest BCUT2D eigenvalue weighted by Crippen LogP contribution is 2.31. The molecule has 0 amide bonds. The van der Waals surface area contributed by atoms with Crippen molar-refractivity contribution in [2.75, 3.05) is 0 Å². The number of ether oxygens (including phenoxy) is 1. The van der Waals surface area contributed by atoms with Crippen molar-refractivity contribution in [3.63, 3.8) is 0 Å². The minimum atomic E-state index is -4.66. The second kappa shape index (κ2) is 17.5. The number of aromatic nitrogens is 2. The molecule has 1 aromatic heterocycles. The summed E-state index contributed by atoms with van der Waals surface area (Å²) in [6.45, 7) is 3.99. The molecular weight excluding hydrogens is 569 g/mol. The number of carboxylic acids is 1. The molecule has 0 saturated heterocycles. The van der Waals surface area contributed by atoms with Crippen LogP contribution < -0.4 is 0 Å². The number of esters is 1. The van der Waals surface area contributed by atoms with E-state index in [1.54, 1.807) is 31.5 Å². The number of benzene rings is 2. The van der Waals surface area contributed by atoms with Crippen LogP contribution in [0.5, 0.6) is 0 Å². The zero-order chi connectivity index (χ0) is 32.0. The van der Waals surface area contributed by atoms with Crippen LogP contribution in [0.1, 0.15) is 117 Å². The van der Waals surface area contributed by atoms with Crippen molar-refractivity contribution in [1.82, 2.24) is 9.97 Å². The van der Waals surface area contributed by atoms with Crippen molar-refractivity contribution in [2.45, 2.75) is 110 Å². The molecule has 0 bridgehead atoms. The lowest BCUT2D eigenvalue weighted by molar-refractivity contribution is -0.206. The van der Waals surface area contributed by atoms with Gasteiger partial charge in [-0.25, -0.2) is 19.6 Å². The third-order valence-corrected chi connectivity index (χ3v) is 7.65. The number of halogens is 3. The average Bonchev–Trinajstić information content (AvgIpc) is 3.01. The summed E-state index contributed by atoms with van der Waals surface area (Å²) in [6, 6.07) is 10.4. The van der Waals surface area contributed by atoms with E-state index in [0.717, 1.165) is 18.4 Å². The van der Waals surface area contributed by atoms with Crippen molar-refractivity contribution in [3.8, 4) is 22.5 Å². The zero-order valence-corrected chi connectivity index (χ0v) is 25.7. The second-order valence-corrected chi connectivity index (χ2v) is 11.2. The van der Waals surface area contributed by atoms with Gasteiger partial charge in [0.15, 0.2) is 11.9 Å². The molecule has 44 heavy (non-hydrogen) atoms. The number of nitrogens with zero attached hydrogens (tertiary/aromatic N) is 2. The first-order chi connectivity index (χ1) is 21.1. The van der Waals surface area contributed by atoms with Gasteiger partial charge < -0.3 is 9.84 Å². The van der Waals surface area contributed by atoms with Gasteiger partial charge in [-0.2, -0.15) is 13.2 Å². The summed E-state index contributed by atoms with van der Waals surface area (Å²) in [5, 5.41) is 9.79. The highest BCUT2D eigenvalue weighted by atomic mass is 19.4. The van der Waals surface area contributed by atoms with E-state index in [0.29, 0.717) is 28.9 Å². The molecule has 6 nitrogen and oxygen atoms in total. The summed E-state index contributed by atoms with van der Waals surface area (Å²) in [5.74, 6) is -1.78. The van der Waals surface area contributed by atoms with Crippen molar-refractivity contribution in [1.29, 1.82) is 0 Å². The van der Waals surface area contributed by atoms with Crippen LogP contribution in [0.15, 0.2) is 54.9 Å². The van der Waals surface area contributed by atoms with E-state index in [-0.39, 0.29) is 24.0 Å². The molecule has 0 aliphatic carbocycles. The van der Waals surface area contributed by atoms with Crippen molar-refractivity contribution < 1.29 is 32.6 Å². The summed E-state index contributed by atoms with van der Waals surface area (Å²) in [4.78, 5) is 33.5. The van der Waals surface area contributed by atoms with Crippen LogP contribution in [0.25, 0.3) is 22.5 Å². The fourth-order valence-corrected chi connectivity index (χ4v) is 5.04. The molecule has 0 saturated carbocycles. The topological polar surface area (TPSA) is 89.4 Å². The first-order valence-corrected chi connectivity index (χ1v) is 15.7. The van der Waals surface area contributed by atoms with Gasteiger partial charge in [-0.1, -0.05) is 89.8 Å². The molecule has 3 rings (SSSR count). The number of rotatable bonds is 18. The highest BCUT2D eigenvalue weighted by molar-refractivity contribution is 5.97. The molecule has 1 heterocycles. The predicted octanol–water partition coefficient (Wildman–Crippen LogP) is 9.86. The fraction of sp³-hybridized carbons (Fsp3) is 0.486. The first-order valence-electron chi connectivity index (χ1n) is 15.7. The van der Waals surface area contributed by atoms with Crippen LogP contribution in [0.3, 0.4) is 0 Å². The molecule has 1 atom stereocenters. The summed E-state index contributed by atoms with van der Waals surface area (Å²) in [7, 11) is 0. The van der Waals surface area contributed by atoms with E-state index in [9.17, 15) is 27.9 Å². The van der Waals surface area contributed by atoms with Crippen molar-refractivity contribution >= 4 is 11.9 Å². The van der Waals surface area contributed by atoms with Gasteiger partial charge in [-0.3, -0.25) is 0 Å². The molecule has 0 unspecified atom stereocenters. The Morgan fingerprint density at radius 3 is 1.93 bits per heavy atom. The first kappa shape index (κ1) is 34.7. The Kier molecular flexibility index (Phi) is 13.8. The van der Waals surface area contributed by atoms with E-state index >= 15 is 0 Å². The largest absolute Gasteiger partial charge is 0.478 e. The lowest BCUT2D eigenvalue weighted by Gasteiger charge is -2.20. The molecule has 238 valence electrons. The molecule has 0 aliphatic rings. The molecule has 0 radical (unpaired) electrons. The minimum absolute atomic E-state index is 0.0303. The maximum absolute atomic E-state index is 13.3. The number of carboxylic acid groups (broad SMARTS) is 1. The maximum atomic E-state index is 13.3. The number of unbranched alkanes of at least 4 members (excludes halogenated alkanes) is 9. The normalized spacial score (nSPS) is 12.2. The molecule has 1 N–H and O–H groups in total. The number of carbonyl (C=O) groups is 2. The molecule has 3 aromatic rings. The summed E-state index contributed by atoms with van der Waals surface area (Å²) < 4.78 is 44.7. The molecule has 0 spiro atoms. The maximum Gasteiger partial charge on any atom is 0.425 e. The Balaban J connectivity index is 1.66. The molecule has 0 aliphatic heterocycles.